The average Bonchev–Trinajstić information content (AvgIpc) is 3.02. The van der Waals surface area contributed by atoms with Crippen LogP contribution < -0.4 is 10.6 Å². The lowest BCUT2D eigenvalue weighted by Crippen LogP contribution is -2.39. The Morgan fingerprint density at radius 2 is 1.78 bits per heavy atom. The third-order valence-corrected chi connectivity index (χ3v) is 4.47. The van der Waals surface area contributed by atoms with Crippen LogP contribution in [0.1, 0.15) is 49.5 Å². The summed E-state index contributed by atoms with van der Waals surface area (Å²) < 4.78 is 0. The van der Waals surface area contributed by atoms with Gasteiger partial charge in [0.2, 0.25) is 0 Å². The quantitative estimate of drug-likeness (QED) is 0.894. The fraction of sp³-hybridized carbons (Fsp3) is 0.556. The number of amides is 3. The van der Waals surface area contributed by atoms with Gasteiger partial charge in [-0.1, -0.05) is 13.8 Å². The van der Waals surface area contributed by atoms with E-state index in [0.717, 1.165) is 37.2 Å². The number of carbonyl (C=O) groups excluding carboxylic acids is 2. The van der Waals surface area contributed by atoms with E-state index in [-0.39, 0.29) is 18.0 Å². The molecule has 2 rings (SSSR count). The van der Waals surface area contributed by atoms with E-state index in [4.69, 9.17) is 0 Å². The lowest BCUT2D eigenvalue weighted by atomic mass is 10.1. The summed E-state index contributed by atoms with van der Waals surface area (Å²) in [6.07, 6.45) is 2.16. The van der Waals surface area contributed by atoms with Crippen LogP contribution in [0.15, 0.2) is 18.2 Å². The van der Waals surface area contributed by atoms with Crippen molar-refractivity contribution >= 4 is 17.6 Å². The van der Waals surface area contributed by atoms with Crippen molar-refractivity contribution in [2.45, 2.75) is 46.6 Å². The number of likely N-dealkylation sites (tertiary alicyclic amines) is 1. The molecule has 5 heteroatoms. The molecule has 1 aromatic rings. The Balaban J connectivity index is 2.01. The van der Waals surface area contributed by atoms with Crippen LogP contribution in [0, 0.1) is 12.8 Å². The Bertz CT molecular complexity index is 578. The van der Waals surface area contributed by atoms with Gasteiger partial charge in [0.15, 0.2) is 0 Å². The predicted octanol–water partition coefficient (Wildman–Crippen LogP) is 3.40. The first-order valence-corrected chi connectivity index (χ1v) is 8.36. The van der Waals surface area contributed by atoms with E-state index in [0.29, 0.717) is 11.5 Å². The molecule has 5 nitrogen and oxygen atoms in total. The van der Waals surface area contributed by atoms with E-state index in [1.807, 2.05) is 24.8 Å². The highest BCUT2D eigenvalue weighted by atomic mass is 16.2. The molecule has 0 spiro atoms. The minimum atomic E-state index is -0.215. The van der Waals surface area contributed by atoms with Crippen molar-refractivity contribution in [1.82, 2.24) is 10.2 Å². The number of anilines is 1. The SMILES string of the molecule is Cc1cc(C(=O)N2CCCC2)ccc1NC(=O)N[C@H](C)C(C)C. The van der Waals surface area contributed by atoms with Crippen LogP contribution in [0.2, 0.25) is 0 Å². The molecule has 0 aromatic heterocycles. The molecule has 0 bridgehead atoms. The molecule has 0 saturated carbocycles. The smallest absolute Gasteiger partial charge is 0.319 e. The second kappa shape index (κ2) is 7.49. The molecule has 3 amide bonds. The van der Waals surface area contributed by atoms with Crippen LogP contribution in [0.3, 0.4) is 0 Å². The summed E-state index contributed by atoms with van der Waals surface area (Å²) in [6, 6.07) is 5.33. The molecule has 1 heterocycles. The molecule has 1 fully saturated rings. The zero-order valence-electron chi connectivity index (χ0n) is 14.5. The van der Waals surface area contributed by atoms with Crippen LogP contribution in [0.5, 0.6) is 0 Å². The van der Waals surface area contributed by atoms with Crippen LogP contribution in [0.4, 0.5) is 10.5 Å². The average molecular weight is 317 g/mol. The molecule has 126 valence electrons. The van der Waals surface area contributed by atoms with Gasteiger partial charge >= 0.3 is 6.03 Å². The number of nitrogens with one attached hydrogen (secondary N) is 2. The summed E-state index contributed by atoms with van der Waals surface area (Å²) in [5.74, 6) is 0.456. The van der Waals surface area contributed by atoms with Gasteiger partial charge in [0.05, 0.1) is 0 Å². The molecule has 1 saturated heterocycles. The minimum Gasteiger partial charge on any atom is -0.339 e. The zero-order valence-corrected chi connectivity index (χ0v) is 14.5. The van der Waals surface area contributed by atoms with Gasteiger partial charge in [-0.2, -0.15) is 0 Å². The van der Waals surface area contributed by atoms with Crippen LogP contribution in [0.25, 0.3) is 0 Å². The molecular formula is C18H27N3O2. The molecule has 0 unspecified atom stereocenters. The molecule has 1 aromatic carbocycles. The fourth-order valence-electron chi connectivity index (χ4n) is 2.57. The molecule has 0 aliphatic carbocycles. The number of hydrogen-bond donors (Lipinski definition) is 2. The largest absolute Gasteiger partial charge is 0.339 e. The Morgan fingerprint density at radius 1 is 1.13 bits per heavy atom. The zero-order chi connectivity index (χ0) is 17.0. The van der Waals surface area contributed by atoms with E-state index in [2.05, 4.69) is 24.5 Å². The van der Waals surface area contributed by atoms with Crippen molar-refractivity contribution in [1.29, 1.82) is 0 Å². The Hall–Kier alpha value is -2.04. The first kappa shape index (κ1) is 17.3. The van der Waals surface area contributed by atoms with Crippen molar-refractivity contribution in [3.8, 4) is 0 Å². The molecule has 1 aliphatic heterocycles. The van der Waals surface area contributed by atoms with Gasteiger partial charge in [-0.3, -0.25) is 4.79 Å². The highest BCUT2D eigenvalue weighted by Crippen LogP contribution is 2.19. The Labute approximate surface area is 138 Å². The van der Waals surface area contributed by atoms with Gasteiger partial charge in [-0.25, -0.2) is 4.79 Å². The molecule has 23 heavy (non-hydrogen) atoms. The topological polar surface area (TPSA) is 61.4 Å². The molecule has 1 atom stereocenters. The number of carbonyl (C=O) groups is 2. The lowest BCUT2D eigenvalue weighted by molar-refractivity contribution is 0.0792. The second-order valence-electron chi connectivity index (χ2n) is 6.66. The third kappa shape index (κ3) is 4.47. The summed E-state index contributed by atoms with van der Waals surface area (Å²) in [4.78, 5) is 26.3. The molecular weight excluding hydrogens is 290 g/mol. The molecule has 2 N–H and O–H groups in total. The first-order valence-electron chi connectivity index (χ1n) is 8.36. The summed E-state index contributed by atoms with van der Waals surface area (Å²) >= 11 is 0. The Kier molecular flexibility index (Phi) is 5.64. The van der Waals surface area contributed by atoms with Gasteiger partial charge in [-0.05, 0) is 56.4 Å². The molecule has 0 radical (unpaired) electrons. The predicted molar refractivity (Wildman–Crippen MR) is 92.8 cm³/mol. The molecule has 1 aliphatic rings. The van der Waals surface area contributed by atoms with Gasteiger partial charge in [-0.15, -0.1) is 0 Å². The van der Waals surface area contributed by atoms with Crippen LogP contribution in [-0.2, 0) is 0 Å². The van der Waals surface area contributed by atoms with E-state index < -0.39 is 0 Å². The van der Waals surface area contributed by atoms with E-state index >= 15 is 0 Å². The number of nitrogens with zero attached hydrogens (tertiary/aromatic N) is 1. The fourth-order valence-corrected chi connectivity index (χ4v) is 2.57. The second-order valence-corrected chi connectivity index (χ2v) is 6.66. The van der Waals surface area contributed by atoms with Crippen molar-refractivity contribution in [3.63, 3.8) is 0 Å². The summed E-state index contributed by atoms with van der Waals surface area (Å²) in [6.45, 7) is 9.70. The van der Waals surface area contributed by atoms with Crippen molar-refractivity contribution in [2.24, 2.45) is 5.92 Å². The maximum absolute atomic E-state index is 12.4. The number of aryl methyl sites for hydroxylation is 1. The summed E-state index contributed by atoms with van der Waals surface area (Å²) in [7, 11) is 0. The minimum absolute atomic E-state index is 0.0787. The maximum Gasteiger partial charge on any atom is 0.319 e. The van der Waals surface area contributed by atoms with E-state index in [9.17, 15) is 9.59 Å². The van der Waals surface area contributed by atoms with Crippen molar-refractivity contribution in [3.05, 3.63) is 29.3 Å². The number of benzene rings is 1. The van der Waals surface area contributed by atoms with Gasteiger partial charge in [0.1, 0.15) is 0 Å². The highest BCUT2D eigenvalue weighted by molar-refractivity contribution is 5.96. The van der Waals surface area contributed by atoms with Crippen molar-refractivity contribution in [2.75, 3.05) is 18.4 Å². The summed E-state index contributed by atoms with van der Waals surface area (Å²) in [5.41, 5.74) is 2.31. The van der Waals surface area contributed by atoms with Gasteiger partial charge < -0.3 is 15.5 Å². The van der Waals surface area contributed by atoms with Gasteiger partial charge in [0.25, 0.3) is 5.91 Å². The normalized spacial score (nSPS) is 15.6. The third-order valence-electron chi connectivity index (χ3n) is 4.47. The number of rotatable bonds is 4. The highest BCUT2D eigenvalue weighted by Gasteiger charge is 2.20. The van der Waals surface area contributed by atoms with Crippen molar-refractivity contribution < 1.29 is 9.59 Å². The van der Waals surface area contributed by atoms with E-state index in [1.165, 1.54) is 0 Å². The Morgan fingerprint density at radius 3 is 2.35 bits per heavy atom. The van der Waals surface area contributed by atoms with Crippen LogP contribution >= 0.6 is 0 Å². The number of urea groups is 1. The summed E-state index contributed by atoms with van der Waals surface area (Å²) in [5, 5.41) is 5.77. The standard InChI is InChI=1S/C18H27N3O2/c1-12(2)14(4)19-18(23)20-16-8-7-15(11-13(16)3)17(22)21-9-5-6-10-21/h7-8,11-12,14H,5-6,9-10H2,1-4H3,(H2,19,20,23)/t14-/m1/s1. The first-order chi connectivity index (χ1) is 10.9. The number of hydrogen-bond acceptors (Lipinski definition) is 2. The monoisotopic (exact) mass is 317 g/mol. The van der Waals surface area contributed by atoms with Crippen LogP contribution in [-0.4, -0.2) is 36.0 Å². The maximum atomic E-state index is 12.4. The van der Waals surface area contributed by atoms with Gasteiger partial charge in [0, 0.05) is 30.4 Å². The van der Waals surface area contributed by atoms with E-state index in [1.54, 1.807) is 12.1 Å². The lowest BCUT2D eigenvalue weighted by Gasteiger charge is -2.19.